The molecule has 2 aromatic carbocycles. The number of hydrogen-bond acceptors (Lipinski definition) is 5. The van der Waals surface area contributed by atoms with Gasteiger partial charge in [-0.15, -0.1) is 0 Å². The van der Waals surface area contributed by atoms with Crippen molar-refractivity contribution in [2.75, 3.05) is 27.4 Å². The van der Waals surface area contributed by atoms with Crippen molar-refractivity contribution in [3.8, 4) is 11.5 Å². The molecule has 0 unspecified atom stereocenters. The van der Waals surface area contributed by atoms with Crippen LogP contribution in [-0.2, 0) is 15.3 Å². The normalized spacial score (nSPS) is 17.9. The zero-order valence-corrected chi connectivity index (χ0v) is 13.2. The predicted octanol–water partition coefficient (Wildman–Crippen LogP) is 3.42. The Morgan fingerprint density at radius 3 is 2.45 bits per heavy atom. The van der Waals surface area contributed by atoms with Gasteiger partial charge in [-0.1, -0.05) is 30.0 Å². The van der Waals surface area contributed by atoms with Gasteiger partial charge in [0.2, 0.25) is 5.79 Å². The van der Waals surface area contributed by atoms with Crippen LogP contribution in [0.3, 0.4) is 0 Å². The highest BCUT2D eigenvalue weighted by atomic mass is 32.2. The maximum absolute atomic E-state index is 6.08. The summed E-state index contributed by atoms with van der Waals surface area (Å²) in [5.74, 6) is 0.593. The van der Waals surface area contributed by atoms with E-state index in [1.807, 2.05) is 24.3 Å². The Morgan fingerprint density at radius 2 is 1.73 bits per heavy atom. The lowest BCUT2D eigenvalue weighted by Gasteiger charge is -2.36. The Balaban J connectivity index is 2.00. The molecule has 1 saturated heterocycles. The monoisotopic (exact) mass is 316 g/mol. The van der Waals surface area contributed by atoms with Crippen LogP contribution in [0, 0.1) is 0 Å². The van der Waals surface area contributed by atoms with Gasteiger partial charge in [0.15, 0.2) is 11.5 Å². The van der Waals surface area contributed by atoms with Gasteiger partial charge in [-0.3, -0.25) is 0 Å². The second-order valence-electron chi connectivity index (χ2n) is 5.09. The first kappa shape index (κ1) is 13.9. The maximum atomic E-state index is 6.08. The molecule has 1 fully saturated rings. The van der Waals surface area contributed by atoms with E-state index in [1.54, 1.807) is 26.0 Å². The van der Waals surface area contributed by atoms with Crippen LogP contribution in [0.4, 0.5) is 0 Å². The zero-order chi connectivity index (χ0) is 15.2. The molecule has 0 saturated carbocycles. The molecular formula is C17H16O4S. The summed E-state index contributed by atoms with van der Waals surface area (Å²) in [5, 5.41) is 0. The minimum absolute atomic E-state index is 0.576. The van der Waals surface area contributed by atoms with E-state index in [0.717, 1.165) is 26.7 Å². The standard InChI is InChI=1S/C17H16O4S/c1-18-13-8-7-12-16(15(13)19-2)22-14-6-4-3-5-11(14)17(12)20-9-10-21-17/h3-8H,9-10H2,1-2H3. The van der Waals surface area contributed by atoms with Crippen LogP contribution in [-0.4, -0.2) is 27.4 Å². The molecule has 0 N–H and O–H groups in total. The average Bonchev–Trinajstić information content (AvgIpc) is 3.04. The predicted molar refractivity (Wildman–Crippen MR) is 82.8 cm³/mol. The molecule has 114 valence electrons. The molecule has 1 spiro atoms. The summed E-state index contributed by atoms with van der Waals surface area (Å²) < 4.78 is 23.2. The van der Waals surface area contributed by atoms with Crippen molar-refractivity contribution in [1.29, 1.82) is 0 Å². The Bertz CT molecular complexity index is 723. The summed E-state index contributed by atoms with van der Waals surface area (Å²) in [6.45, 7) is 1.15. The fourth-order valence-corrected chi connectivity index (χ4v) is 4.33. The van der Waals surface area contributed by atoms with E-state index in [2.05, 4.69) is 12.1 Å². The number of benzene rings is 2. The first-order valence-electron chi connectivity index (χ1n) is 7.11. The minimum Gasteiger partial charge on any atom is -0.493 e. The Labute approximate surface area is 133 Å². The molecule has 0 aromatic heterocycles. The van der Waals surface area contributed by atoms with Crippen molar-refractivity contribution in [2.45, 2.75) is 15.6 Å². The lowest BCUT2D eigenvalue weighted by Crippen LogP contribution is -2.32. The summed E-state index contributed by atoms with van der Waals surface area (Å²) in [4.78, 5) is 2.10. The summed E-state index contributed by atoms with van der Waals surface area (Å²) >= 11 is 1.66. The van der Waals surface area contributed by atoms with E-state index in [9.17, 15) is 0 Å². The zero-order valence-electron chi connectivity index (χ0n) is 12.4. The smallest absolute Gasteiger partial charge is 0.224 e. The van der Waals surface area contributed by atoms with Gasteiger partial charge in [0.05, 0.1) is 32.3 Å². The van der Waals surface area contributed by atoms with Gasteiger partial charge in [-0.05, 0) is 18.2 Å². The highest BCUT2D eigenvalue weighted by Crippen LogP contribution is 2.56. The lowest BCUT2D eigenvalue weighted by atomic mass is 9.96. The molecule has 2 heterocycles. The maximum Gasteiger partial charge on any atom is 0.224 e. The average molecular weight is 316 g/mol. The summed E-state index contributed by atoms with van der Waals surface area (Å²) in [7, 11) is 3.30. The van der Waals surface area contributed by atoms with Crippen molar-refractivity contribution in [2.24, 2.45) is 0 Å². The fourth-order valence-electron chi connectivity index (χ4n) is 3.07. The quantitative estimate of drug-likeness (QED) is 0.848. The largest absolute Gasteiger partial charge is 0.493 e. The number of hydrogen-bond donors (Lipinski definition) is 0. The van der Waals surface area contributed by atoms with Crippen molar-refractivity contribution in [3.05, 3.63) is 47.5 Å². The van der Waals surface area contributed by atoms with E-state index < -0.39 is 5.79 Å². The molecule has 4 rings (SSSR count). The molecule has 2 aliphatic rings. The summed E-state index contributed by atoms with van der Waals surface area (Å²) in [5.41, 5.74) is 2.03. The molecule has 0 radical (unpaired) electrons. The van der Waals surface area contributed by atoms with E-state index in [1.165, 1.54) is 0 Å². The number of methoxy groups -OCH3 is 2. The lowest BCUT2D eigenvalue weighted by molar-refractivity contribution is -0.134. The number of ether oxygens (including phenoxy) is 4. The molecule has 0 aliphatic carbocycles. The first-order chi connectivity index (χ1) is 10.8. The SMILES string of the molecule is COc1ccc2c(c1OC)Sc1ccccc1C21OCCO1. The topological polar surface area (TPSA) is 36.9 Å². The van der Waals surface area contributed by atoms with Crippen molar-refractivity contribution < 1.29 is 18.9 Å². The first-order valence-corrected chi connectivity index (χ1v) is 7.92. The van der Waals surface area contributed by atoms with Crippen LogP contribution in [0.5, 0.6) is 11.5 Å². The molecule has 2 aliphatic heterocycles. The van der Waals surface area contributed by atoms with Gasteiger partial charge in [0, 0.05) is 16.0 Å². The Kier molecular flexibility index (Phi) is 3.29. The second kappa shape index (κ2) is 5.19. The van der Waals surface area contributed by atoms with E-state index in [0.29, 0.717) is 19.0 Å². The van der Waals surface area contributed by atoms with Crippen LogP contribution in [0.2, 0.25) is 0 Å². The Morgan fingerprint density at radius 1 is 0.955 bits per heavy atom. The van der Waals surface area contributed by atoms with Crippen LogP contribution in [0.15, 0.2) is 46.2 Å². The third-order valence-electron chi connectivity index (χ3n) is 4.00. The van der Waals surface area contributed by atoms with Crippen LogP contribution < -0.4 is 9.47 Å². The molecule has 4 nitrogen and oxygen atoms in total. The van der Waals surface area contributed by atoms with Gasteiger partial charge < -0.3 is 18.9 Å². The van der Waals surface area contributed by atoms with Gasteiger partial charge >= 0.3 is 0 Å². The van der Waals surface area contributed by atoms with Crippen LogP contribution in [0.25, 0.3) is 0 Å². The van der Waals surface area contributed by atoms with Crippen molar-refractivity contribution in [3.63, 3.8) is 0 Å². The van der Waals surface area contributed by atoms with Gasteiger partial charge in [-0.25, -0.2) is 0 Å². The molecular weight excluding hydrogens is 300 g/mol. The van der Waals surface area contributed by atoms with Crippen molar-refractivity contribution >= 4 is 11.8 Å². The molecule has 0 bridgehead atoms. The van der Waals surface area contributed by atoms with Gasteiger partial charge in [0.1, 0.15) is 0 Å². The molecule has 0 atom stereocenters. The van der Waals surface area contributed by atoms with Crippen LogP contribution >= 0.6 is 11.8 Å². The molecule has 0 amide bonds. The number of rotatable bonds is 2. The third-order valence-corrected chi connectivity index (χ3v) is 5.19. The van der Waals surface area contributed by atoms with Gasteiger partial charge in [0.25, 0.3) is 0 Å². The summed E-state index contributed by atoms with van der Waals surface area (Å²) in [6.07, 6.45) is 0. The fraction of sp³-hybridized carbons (Fsp3) is 0.294. The molecule has 22 heavy (non-hydrogen) atoms. The third kappa shape index (κ3) is 1.79. The summed E-state index contributed by atoms with van der Waals surface area (Å²) in [6, 6.07) is 12.1. The molecule has 2 aromatic rings. The minimum atomic E-state index is -0.837. The van der Waals surface area contributed by atoms with Gasteiger partial charge in [-0.2, -0.15) is 0 Å². The van der Waals surface area contributed by atoms with Crippen LogP contribution in [0.1, 0.15) is 11.1 Å². The van der Waals surface area contributed by atoms with E-state index >= 15 is 0 Å². The highest BCUT2D eigenvalue weighted by molar-refractivity contribution is 7.99. The number of fused-ring (bicyclic) bond motifs is 4. The Hall–Kier alpha value is -1.69. The van der Waals surface area contributed by atoms with E-state index in [4.69, 9.17) is 18.9 Å². The molecule has 5 heteroatoms. The highest BCUT2D eigenvalue weighted by Gasteiger charge is 2.47. The van der Waals surface area contributed by atoms with Crippen molar-refractivity contribution in [1.82, 2.24) is 0 Å². The van der Waals surface area contributed by atoms with E-state index in [-0.39, 0.29) is 0 Å². The second-order valence-corrected chi connectivity index (χ2v) is 6.14.